The van der Waals surface area contributed by atoms with Crippen LogP contribution in [0.1, 0.15) is 20.8 Å². The van der Waals surface area contributed by atoms with E-state index in [1.807, 2.05) is 31.5 Å². The zero-order valence-corrected chi connectivity index (χ0v) is 9.03. The van der Waals surface area contributed by atoms with Crippen LogP contribution in [0.3, 0.4) is 0 Å². The minimum absolute atomic E-state index is 0.120. The molecule has 0 saturated carbocycles. The molecule has 0 aliphatic rings. The molecule has 80 valence electrons. The van der Waals surface area contributed by atoms with E-state index in [1.165, 1.54) is 0 Å². The Morgan fingerprint density at radius 1 is 1.47 bits per heavy atom. The van der Waals surface area contributed by atoms with Crippen molar-refractivity contribution in [3.05, 3.63) is 22.6 Å². The van der Waals surface area contributed by atoms with E-state index in [1.54, 1.807) is 6.07 Å². The minimum Gasteiger partial charge on any atom is -0.381 e. The van der Waals surface area contributed by atoms with E-state index in [4.69, 9.17) is 5.73 Å². The first-order valence-corrected chi connectivity index (χ1v) is 4.77. The Kier molecular flexibility index (Phi) is 1.86. The SMILES string of the molecule is CC(C)(C)n1ccc2c(=O)[nH]nc(N)c21. The molecule has 2 aromatic heterocycles. The van der Waals surface area contributed by atoms with Crippen molar-refractivity contribution < 1.29 is 0 Å². The highest BCUT2D eigenvalue weighted by Crippen LogP contribution is 2.24. The summed E-state index contributed by atoms with van der Waals surface area (Å²) < 4.78 is 1.96. The van der Waals surface area contributed by atoms with E-state index in [2.05, 4.69) is 10.2 Å². The van der Waals surface area contributed by atoms with E-state index < -0.39 is 0 Å². The van der Waals surface area contributed by atoms with Gasteiger partial charge < -0.3 is 10.3 Å². The molecule has 0 unspecified atom stereocenters. The molecule has 0 radical (unpaired) electrons. The van der Waals surface area contributed by atoms with Gasteiger partial charge >= 0.3 is 0 Å². The van der Waals surface area contributed by atoms with Crippen LogP contribution in [0.2, 0.25) is 0 Å². The third-order valence-corrected chi connectivity index (χ3v) is 2.37. The quantitative estimate of drug-likeness (QED) is 0.676. The number of nitrogens with one attached hydrogen (secondary N) is 1. The van der Waals surface area contributed by atoms with Crippen LogP contribution in [0.15, 0.2) is 17.1 Å². The van der Waals surface area contributed by atoms with Gasteiger partial charge in [-0.15, -0.1) is 0 Å². The zero-order chi connectivity index (χ0) is 11.2. The number of rotatable bonds is 0. The van der Waals surface area contributed by atoms with E-state index in [0.717, 1.165) is 0 Å². The highest BCUT2D eigenvalue weighted by molar-refractivity contribution is 5.87. The van der Waals surface area contributed by atoms with Gasteiger partial charge in [0.1, 0.15) is 0 Å². The molecule has 0 aliphatic carbocycles. The standard InChI is InChI=1S/C10H14N4O/c1-10(2,3)14-5-4-6-7(14)8(11)12-13-9(6)15/h4-5H,1-3H3,(H2,11,12)(H,13,15). The zero-order valence-electron chi connectivity index (χ0n) is 9.03. The van der Waals surface area contributed by atoms with Crippen LogP contribution in [-0.2, 0) is 5.54 Å². The van der Waals surface area contributed by atoms with Crippen molar-refractivity contribution in [2.45, 2.75) is 26.3 Å². The Morgan fingerprint density at radius 2 is 2.13 bits per heavy atom. The summed E-state index contributed by atoms with van der Waals surface area (Å²) in [5.74, 6) is 0.351. The van der Waals surface area contributed by atoms with Gasteiger partial charge in [-0.2, -0.15) is 5.10 Å². The van der Waals surface area contributed by atoms with Gasteiger partial charge in [-0.05, 0) is 26.8 Å². The number of nitrogens with two attached hydrogens (primary N) is 1. The molecule has 5 heteroatoms. The molecule has 0 spiro atoms. The fourth-order valence-electron chi connectivity index (χ4n) is 1.66. The van der Waals surface area contributed by atoms with Crippen molar-refractivity contribution in [3.63, 3.8) is 0 Å². The first-order valence-electron chi connectivity index (χ1n) is 4.77. The molecule has 0 atom stereocenters. The van der Waals surface area contributed by atoms with Crippen LogP contribution >= 0.6 is 0 Å². The van der Waals surface area contributed by atoms with E-state index in [-0.39, 0.29) is 11.1 Å². The summed E-state index contributed by atoms with van der Waals surface area (Å²) in [5, 5.41) is 6.72. The predicted octanol–water partition coefficient (Wildman–Crippen LogP) is 1.06. The summed E-state index contributed by atoms with van der Waals surface area (Å²) >= 11 is 0. The number of anilines is 1. The van der Waals surface area contributed by atoms with Gasteiger partial charge in [-0.25, -0.2) is 5.10 Å². The average molecular weight is 206 g/mol. The van der Waals surface area contributed by atoms with Gasteiger partial charge in [-0.1, -0.05) is 0 Å². The Labute approximate surface area is 86.9 Å². The van der Waals surface area contributed by atoms with Crippen molar-refractivity contribution >= 4 is 16.7 Å². The topological polar surface area (TPSA) is 76.7 Å². The van der Waals surface area contributed by atoms with Crippen LogP contribution in [-0.4, -0.2) is 14.8 Å². The lowest BCUT2D eigenvalue weighted by atomic mass is 10.1. The Bertz CT molecular complexity index is 559. The molecule has 2 rings (SSSR count). The average Bonchev–Trinajstić information content (AvgIpc) is 2.55. The van der Waals surface area contributed by atoms with Crippen LogP contribution < -0.4 is 11.3 Å². The largest absolute Gasteiger partial charge is 0.381 e. The van der Waals surface area contributed by atoms with Gasteiger partial charge in [0, 0.05) is 11.7 Å². The van der Waals surface area contributed by atoms with Crippen LogP contribution in [0.4, 0.5) is 5.82 Å². The molecule has 2 heterocycles. The van der Waals surface area contributed by atoms with Crippen LogP contribution in [0, 0.1) is 0 Å². The summed E-state index contributed by atoms with van der Waals surface area (Å²) in [4.78, 5) is 11.5. The molecule has 0 saturated heterocycles. The fraction of sp³-hybridized carbons (Fsp3) is 0.400. The van der Waals surface area contributed by atoms with Crippen molar-refractivity contribution in [2.24, 2.45) is 0 Å². The molecule has 0 fully saturated rings. The minimum atomic E-state index is -0.206. The number of aromatic nitrogens is 3. The summed E-state index contributed by atoms with van der Waals surface area (Å²) in [6, 6.07) is 1.76. The highest BCUT2D eigenvalue weighted by Gasteiger charge is 2.18. The number of nitrogens with zero attached hydrogens (tertiary/aromatic N) is 2. The number of nitrogen functional groups attached to an aromatic ring is 1. The second-order valence-electron chi connectivity index (χ2n) is 4.56. The Balaban J connectivity index is 2.92. The lowest BCUT2D eigenvalue weighted by Crippen LogP contribution is -2.22. The Morgan fingerprint density at radius 3 is 2.73 bits per heavy atom. The maximum atomic E-state index is 11.5. The second kappa shape index (κ2) is 2.85. The predicted molar refractivity (Wildman–Crippen MR) is 59.8 cm³/mol. The molecule has 0 bridgehead atoms. The van der Waals surface area contributed by atoms with E-state index in [0.29, 0.717) is 16.7 Å². The van der Waals surface area contributed by atoms with Crippen molar-refractivity contribution in [1.82, 2.24) is 14.8 Å². The fourth-order valence-corrected chi connectivity index (χ4v) is 1.66. The number of hydrogen-bond acceptors (Lipinski definition) is 3. The number of aromatic amines is 1. The molecule has 0 aromatic carbocycles. The number of fused-ring (bicyclic) bond motifs is 1. The molecule has 0 amide bonds. The molecule has 15 heavy (non-hydrogen) atoms. The van der Waals surface area contributed by atoms with Crippen molar-refractivity contribution in [2.75, 3.05) is 5.73 Å². The second-order valence-corrected chi connectivity index (χ2v) is 4.56. The lowest BCUT2D eigenvalue weighted by Gasteiger charge is -2.22. The van der Waals surface area contributed by atoms with Gasteiger partial charge in [-0.3, -0.25) is 4.79 Å². The first-order chi connectivity index (χ1) is 6.91. The first kappa shape index (κ1) is 9.76. The molecule has 2 aromatic rings. The third kappa shape index (κ3) is 1.40. The van der Waals surface area contributed by atoms with Gasteiger partial charge in [0.05, 0.1) is 10.9 Å². The summed E-state index contributed by atoms with van der Waals surface area (Å²) in [5.41, 5.74) is 6.14. The Hall–Kier alpha value is -1.78. The summed E-state index contributed by atoms with van der Waals surface area (Å²) in [7, 11) is 0. The lowest BCUT2D eigenvalue weighted by molar-refractivity contribution is 0.411. The maximum Gasteiger partial charge on any atom is 0.273 e. The third-order valence-electron chi connectivity index (χ3n) is 2.37. The normalized spacial score (nSPS) is 12.2. The number of H-pyrrole nitrogens is 1. The van der Waals surface area contributed by atoms with Crippen molar-refractivity contribution in [1.29, 1.82) is 0 Å². The molecular weight excluding hydrogens is 192 g/mol. The van der Waals surface area contributed by atoms with E-state index in [9.17, 15) is 4.79 Å². The van der Waals surface area contributed by atoms with Gasteiger partial charge in [0.15, 0.2) is 5.82 Å². The molecule has 0 aliphatic heterocycles. The van der Waals surface area contributed by atoms with E-state index >= 15 is 0 Å². The van der Waals surface area contributed by atoms with Crippen LogP contribution in [0.5, 0.6) is 0 Å². The monoisotopic (exact) mass is 206 g/mol. The number of hydrogen-bond donors (Lipinski definition) is 2. The van der Waals surface area contributed by atoms with Crippen molar-refractivity contribution in [3.8, 4) is 0 Å². The van der Waals surface area contributed by atoms with Gasteiger partial charge in [0.2, 0.25) is 0 Å². The smallest absolute Gasteiger partial charge is 0.273 e. The van der Waals surface area contributed by atoms with Crippen LogP contribution in [0.25, 0.3) is 10.9 Å². The molecule has 3 N–H and O–H groups in total. The summed E-state index contributed by atoms with van der Waals surface area (Å²) in [6.07, 6.45) is 1.86. The highest BCUT2D eigenvalue weighted by atomic mass is 16.1. The molecule has 5 nitrogen and oxygen atoms in total. The maximum absolute atomic E-state index is 11.5. The summed E-state index contributed by atoms with van der Waals surface area (Å²) in [6.45, 7) is 6.15. The van der Waals surface area contributed by atoms with Gasteiger partial charge in [0.25, 0.3) is 5.56 Å². The molecular formula is C10H14N4O.